The summed E-state index contributed by atoms with van der Waals surface area (Å²) >= 11 is 0. The minimum absolute atomic E-state index is 0.0331. The first kappa shape index (κ1) is 19.0. The molecule has 32 heavy (non-hydrogen) atoms. The molecule has 4 N–H and O–H groups in total. The van der Waals surface area contributed by atoms with Crippen molar-refractivity contribution in [3.05, 3.63) is 53.7 Å². The molecule has 4 aromatic rings. The van der Waals surface area contributed by atoms with Crippen molar-refractivity contribution in [2.24, 2.45) is 5.10 Å². The monoisotopic (exact) mass is 434 g/mol. The number of phenolic OH excluding ortho intramolecular Hbond substituents is 1. The largest absolute Gasteiger partial charge is 0.508 e. The average molecular weight is 434 g/mol. The molecule has 1 aliphatic rings. The first-order valence-corrected chi connectivity index (χ1v) is 9.17. The highest BCUT2D eigenvalue weighted by molar-refractivity contribution is 5.99. The molecule has 1 aliphatic heterocycles. The molecule has 13 nitrogen and oxygen atoms in total. The maximum absolute atomic E-state index is 12.9. The summed E-state index contributed by atoms with van der Waals surface area (Å²) in [5, 5.41) is 28.5. The van der Waals surface area contributed by atoms with Gasteiger partial charge in [0, 0.05) is 5.56 Å². The number of phenols is 1. The Hall–Kier alpha value is -4.94. The average Bonchev–Trinajstić information content (AvgIpc) is 3.53. The Kier molecular flexibility index (Phi) is 4.59. The molecule has 0 saturated heterocycles. The Morgan fingerprint density at radius 1 is 1.16 bits per heavy atom. The molecule has 3 heterocycles. The van der Waals surface area contributed by atoms with E-state index in [0.717, 1.165) is 0 Å². The summed E-state index contributed by atoms with van der Waals surface area (Å²) in [5.74, 6) is 0.593. The molecule has 0 radical (unpaired) electrons. The topological polar surface area (TPSA) is 176 Å². The van der Waals surface area contributed by atoms with E-state index in [1.165, 1.54) is 23.0 Å². The number of aromatic hydroxyl groups is 1. The zero-order valence-corrected chi connectivity index (χ0v) is 16.2. The molecule has 0 unspecified atom stereocenters. The highest BCUT2D eigenvalue weighted by atomic mass is 16.7. The minimum atomic E-state index is -0.631. The van der Waals surface area contributed by atoms with Gasteiger partial charge < -0.3 is 20.3 Å². The highest BCUT2D eigenvalue weighted by Crippen LogP contribution is 2.37. The normalized spacial score (nSPS) is 12.4. The molecule has 1 amide bonds. The standard InChI is InChI=1S/C19H14N8O5/c20-17-18(25-32-24-17)27-16(11-3-6-13-14(7-11)31-9-30-13)15(22-26-27)19(29)23-21-8-10-1-4-12(28)5-2-10/h1-8,28H,9H2,(H2,20,24)(H,23,29)/b21-8-. The van der Waals surface area contributed by atoms with Crippen molar-refractivity contribution in [1.29, 1.82) is 0 Å². The van der Waals surface area contributed by atoms with Crippen LogP contribution in [0.15, 0.2) is 52.2 Å². The molecular formula is C19H14N8O5. The molecule has 2 aromatic heterocycles. The van der Waals surface area contributed by atoms with Gasteiger partial charge in [0.1, 0.15) is 11.4 Å². The maximum Gasteiger partial charge on any atom is 0.294 e. The van der Waals surface area contributed by atoms with Crippen LogP contribution in [0.25, 0.3) is 17.1 Å². The van der Waals surface area contributed by atoms with E-state index >= 15 is 0 Å². The number of carbonyl (C=O) groups excluding carboxylic acids is 1. The van der Waals surface area contributed by atoms with E-state index in [4.69, 9.17) is 15.2 Å². The minimum Gasteiger partial charge on any atom is -0.508 e. The Labute approximate surface area is 179 Å². The fourth-order valence-electron chi connectivity index (χ4n) is 3.00. The van der Waals surface area contributed by atoms with Crippen LogP contribution < -0.4 is 20.6 Å². The molecule has 0 bridgehead atoms. The molecule has 5 rings (SSSR count). The second-order valence-corrected chi connectivity index (χ2v) is 6.53. The third kappa shape index (κ3) is 3.43. The van der Waals surface area contributed by atoms with E-state index in [9.17, 15) is 9.90 Å². The number of ether oxygens (including phenoxy) is 2. The van der Waals surface area contributed by atoms with Gasteiger partial charge in [0.05, 0.1) is 6.21 Å². The second kappa shape index (κ2) is 7.71. The van der Waals surface area contributed by atoms with Crippen molar-refractivity contribution >= 4 is 17.9 Å². The van der Waals surface area contributed by atoms with Gasteiger partial charge in [-0.2, -0.15) is 9.78 Å². The van der Waals surface area contributed by atoms with Crippen LogP contribution in [0.2, 0.25) is 0 Å². The number of anilines is 1. The van der Waals surface area contributed by atoms with Crippen molar-refractivity contribution < 1.29 is 24.0 Å². The number of hydrogen-bond acceptors (Lipinski definition) is 11. The summed E-state index contributed by atoms with van der Waals surface area (Å²) in [5.41, 5.74) is 9.64. The lowest BCUT2D eigenvalue weighted by atomic mass is 10.1. The predicted molar refractivity (Wildman–Crippen MR) is 108 cm³/mol. The van der Waals surface area contributed by atoms with Crippen molar-refractivity contribution in [2.75, 3.05) is 12.5 Å². The molecule has 0 fully saturated rings. The first-order valence-electron chi connectivity index (χ1n) is 9.17. The van der Waals surface area contributed by atoms with E-state index in [1.807, 2.05) is 0 Å². The van der Waals surface area contributed by atoms with Gasteiger partial charge >= 0.3 is 0 Å². The molecule has 2 aromatic carbocycles. The quantitative estimate of drug-likeness (QED) is 0.304. The van der Waals surface area contributed by atoms with Gasteiger partial charge in [0.25, 0.3) is 5.91 Å². The summed E-state index contributed by atoms with van der Waals surface area (Å²) in [6, 6.07) is 11.4. The van der Waals surface area contributed by atoms with E-state index in [2.05, 4.69) is 35.8 Å². The SMILES string of the molecule is Nc1nonc1-n1nnc(C(=O)N/N=C\c2ccc(O)cc2)c1-c1ccc2c(c1)OCO2. The van der Waals surface area contributed by atoms with Crippen LogP contribution in [-0.2, 0) is 0 Å². The summed E-state index contributed by atoms with van der Waals surface area (Å²) in [6.07, 6.45) is 1.42. The fourth-order valence-corrected chi connectivity index (χ4v) is 3.00. The number of fused-ring (bicyclic) bond motifs is 1. The van der Waals surface area contributed by atoms with Gasteiger partial charge in [-0.15, -0.1) is 5.10 Å². The summed E-state index contributed by atoms with van der Waals surface area (Å²) < 4.78 is 16.7. The summed E-state index contributed by atoms with van der Waals surface area (Å²) in [6.45, 7) is 0.0930. The summed E-state index contributed by atoms with van der Waals surface area (Å²) in [7, 11) is 0. The number of nitrogens with one attached hydrogen (secondary N) is 1. The van der Waals surface area contributed by atoms with Gasteiger partial charge in [0.15, 0.2) is 17.2 Å². The molecule has 160 valence electrons. The number of hydrogen-bond donors (Lipinski definition) is 3. The number of carbonyl (C=O) groups is 1. The lowest BCUT2D eigenvalue weighted by molar-refractivity contribution is 0.0950. The third-order valence-corrected chi connectivity index (χ3v) is 4.50. The molecule has 0 saturated carbocycles. The van der Waals surface area contributed by atoms with Crippen molar-refractivity contribution in [3.8, 4) is 34.3 Å². The number of nitrogen functional groups attached to an aromatic ring is 1. The van der Waals surface area contributed by atoms with Crippen LogP contribution >= 0.6 is 0 Å². The van der Waals surface area contributed by atoms with Crippen LogP contribution in [0.4, 0.5) is 5.82 Å². The molecule has 0 aliphatic carbocycles. The van der Waals surface area contributed by atoms with Gasteiger partial charge in [-0.1, -0.05) is 5.21 Å². The van der Waals surface area contributed by atoms with Gasteiger partial charge in [-0.05, 0) is 58.3 Å². The van der Waals surface area contributed by atoms with Crippen LogP contribution in [0.1, 0.15) is 16.1 Å². The first-order chi connectivity index (χ1) is 15.6. The second-order valence-electron chi connectivity index (χ2n) is 6.53. The Morgan fingerprint density at radius 3 is 2.75 bits per heavy atom. The van der Waals surface area contributed by atoms with Crippen molar-refractivity contribution in [1.82, 2.24) is 30.7 Å². The van der Waals surface area contributed by atoms with Crippen LogP contribution in [0.3, 0.4) is 0 Å². The van der Waals surface area contributed by atoms with E-state index in [-0.39, 0.29) is 35.6 Å². The maximum atomic E-state index is 12.9. The van der Waals surface area contributed by atoms with Crippen molar-refractivity contribution in [2.45, 2.75) is 0 Å². The van der Waals surface area contributed by atoms with E-state index in [1.54, 1.807) is 30.3 Å². The van der Waals surface area contributed by atoms with Gasteiger partial charge in [-0.25, -0.2) is 10.1 Å². The number of hydrazone groups is 1. The van der Waals surface area contributed by atoms with Gasteiger partial charge in [0.2, 0.25) is 18.4 Å². The number of amides is 1. The molecular weight excluding hydrogens is 420 g/mol. The lowest BCUT2D eigenvalue weighted by Crippen LogP contribution is -2.19. The molecule has 13 heteroatoms. The van der Waals surface area contributed by atoms with E-state index < -0.39 is 5.91 Å². The molecule has 0 spiro atoms. The van der Waals surface area contributed by atoms with Gasteiger partial charge in [-0.3, -0.25) is 4.79 Å². The van der Waals surface area contributed by atoms with E-state index in [0.29, 0.717) is 22.6 Å². The number of rotatable bonds is 5. The zero-order valence-electron chi connectivity index (χ0n) is 16.2. The highest BCUT2D eigenvalue weighted by Gasteiger charge is 2.26. The zero-order chi connectivity index (χ0) is 22.1. The smallest absolute Gasteiger partial charge is 0.294 e. The Balaban J connectivity index is 1.51. The molecule has 0 atom stereocenters. The summed E-state index contributed by atoms with van der Waals surface area (Å²) in [4.78, 5) is 12.9. The number of benzene rings is 2. The number of nitrogens with two attached hydrogens (primary N) is 1. The third-order valence-electron chi connectivity index (χ3n) is 4.50. The van der Waals surface area contributed by atoms with Crippen LogP contribution in [0, 0.1) is 0 Å². The predicted octanol–water partition coefficient (Wildman–Crippen LogP) is 1.10. The Morgan fingerprint density at radius 2 is 1.97 bits per heavy atom. The fraction of sp³-hybridized carbons (Fsp3) is 0.0526. The lowest BCUT2D eigenvalue weighted by Gasteiger charge is -2.07. The van der Waals surface area contributed by atoms with Crippen molar-refractivity contribution in [3.63, 3.8) is 0 Å². The number of aromatic nitrogens is 5. The Bertz CT molecular complexity index is 1330. The number of nitrogens with zero attached hydrogens (tertiary/aromatic N) is 6. The van der Waals surface area contributed by atoms with Crippen LogP contribution in [-0.4, -0.2) is 49.3 Å². The van der Waals surface area contributed by atoms with Crippen LogP contribution in [0.5, 0.6) is 17.2 Å².